The van der Waals surface area contributed by atoms with E-state index in [0.717, 1.165) is 11.3 Å². The smallest absolute Gasteiger partial charge is 0.252 e. The summed E-state index contributed by atoms with van der Waals surface area (Å²) in [4.78, 5) is 11.6. The number of sulfonamides is 1. The first-order valence-corrected chi connectivity index (χ1v) is 7.66. The van der Waals surface area contributed by atoms with Gasteiger partial charge in [0.2, 0.25) is 0 Å². The summed E-state index contributed by atoms with van der Waals surface area (Å²) in [6, 6.07) is 2.71. The van der Waals surface area contributed by atoms with Gasteiger partial charge in [-0.25, -0.2) is 8.42 Å². The fourth-order valence-corrected chi connectivity index (χ4v) is 4.35. The van der Waals surface area contributed by atoms with Crippen molar-refractivity contribution in [3.05, 3.63) is 17.5 Å². The molecule has 1 fully saturated rings. The van der Waals surface area contributed by atoms with Crippen LogP contribution in [-0.4, -0.2) is 37.6 Å². The Morgan fingerprint density at radius 3 is 2.88 bits per heavy atom. The molecule has 2 N–H and O–H groups in total. The monoisotopic (exact) mass is 274 g/mol. The van der Waals surface area contributed by atoms with Gasteiger partial charge in [-0.15, -0.1) is 11.3 Å². The van der Waals surface area contributed by atoms with E-state index in [0.29, 0.717) is 19.4 Å². The van der Waals surface area contributed by atoms with E-state index in [1.807, 2.05) is 0 Å². The van der Waals surface area contributed by atoms with Crippen LogP contribution in [0.25, 0.3) is 0 Å². The molecule has 94 valence electrons. The van der Waals surface area contributed by atoms with E-state index >= 15 is 0 Å². The predicted molar refractivity (Wildman–Crippen MR) is 65.3 cm³/mol. The number of nitrogens with zero attached hydrogens (tertiary/aromatic N) is 1. The van der Waals surface area contributed by atoms with Crippen LogP contribution in [0.3, 0.4) is 0 Å². The number of hydrogen-bond acceptors (Lipinski definition) is 5. The number of carbonyl (C=O) groups excluding carboxylic acids is 1. The lowest BCUT2D eigenvalue weighted by molar-refractivity contribution is -0.120. The minimum Gasteiger partial charge on any atom is -0.321 e. The van der Waals surface area contributed by atoms with Crippen LogP contribution in [0, 0.1) is 0 Å². The van der Waals surface area contributed by atoms with E-state index in [9.17, 15) is 13.2 Å². The lowest BCUT2D eigenvalue weighted by Gasteiger charge is -2.18. The number of Topliss-reactive ketones (excluding diaryl/α,β-unsaturated/α-hetero) is 1. The molecule has 0 radical (unpaired) electrons. The average molecular weight is 274 g/mol. The van der Waals surface area contributed by atoms with E-state index in [2.05, 4.69) is 0 Å². The molecule has 1 aliphatic heterocycles. The van der Waals surface area contributed by atoms with Gasteiger partial charge in [-0.05, 0) is 24.3 Å². The second kappa shape index (κ2) is 4.85. The predicted octanol–water partition coefficient (Wildman–Crippen LogP) is 0.429. The first-order chi connectivity index (χ1) is 8.01. The maximum Gasteiger partial charge on any atom is 0.252 e. The number of hydrogen-bond donors (Lipinski definition) is 1. The Morgan fingerprint density at radius 1 is 1.47 bits per heavy atom. The summed E-state index contributed by atoms with van der Waals surface area (Å²) in [7, 11) is -3.52. The van der Waals surface area contributed by atoms with E-state index in [4.69, 9.17) is 5.73 Å². The summed E-state index contributed by atoms with van der Waals surface area (Å²) in [5, 5.41) is 1.71. The molecule has 17 heavy (non-hydrogen) atoms. The van der Waals surface area contributed by atoms with E-state index in [1.165, 1.54) is 4.31 Å². The van der Waals surface area contributed by atoms with Crippen molar-refractivity contribution in [2.24, 2.45) is 5.73 Å². The van der Waals surface area contributed by atoms with Crippen molar-refractivity contribution in [1.82, 2.24) is 4.31 Å². The molecule has 0 bridgehead atoms. The van der Waals surface area contributed by atoms with Crippen LogP contribution in [0.4, 0.5) is 0 Å². The molecule has 0 aromatic carbocycles. The van der Waals surface area contributed by atoms with Crippen molar-refractivity contribution in [2.45, 2.75) is 23.1 Å². The van der Waals surface area contributed by atoms with Gasteiger partial charge in [0.25, 0.3) is 10.0 Å². The summed E-state index contributed by atoms with van der Waals surface area (Å²) in [5.74, 6) is -0.206. The zero-order valence-corrected chi connectivity index (χ0v) is 10.8. The minimum absolute atomic E-state index is 0.110. The van der Waals surface area contributed by atoms with Gasteiger partial charge in [0.15, 0.2) is 5.78 Å². The molecule has 1 atom stereocenters. The van der Waals surface area contributed by atoms with Crippen LogP contribution in [0.5, 0.6) is 0 Å². The quantitative estimate of drug-likeness (QED) is 0.848. The van der Waals surface area contributed by atoms with Gasteiger partial charge >= 0.3 is 0 Å². The highest BCUT2D eigenvalue weighted by Gasteiger charge is 2.31. The third-order valence-electron chi connectivity index (χ3n) is 2.76. The standard InChI is InChI=1S/C10H14N2O3S2/c11-8-3-1-5-12(7-9(8)13)17(14,15)10-4-2-6-16-10/h2,4,6,8H,1,3,5,7,11H2. The molecule has 5 nitrogen and oxygen atoms in total. The van der Waals surface area contributed by atoms with Gasteiger partial charge in [-0.1, -0.05) is 6.07 Å². The van der Waals surface area contributed by atoms with Crippen molar-refractivity contribution >= 4 is 27.1 Å². The third kappa shape index (κ3) is 2.57. The van der Waals surface area contributed by atoms with Crippen LogP contribution < -0.4 is 5.73 Å². The number of carbonyl (C=O) groups is 1. The van der Waals surface area contributed by atoms with Crippen LogP contribution in [0.15, 0.2) is 21.7 Å². The zero-order chi connectivity index (χ0) is 12.5. The minimum atomic E-state index is -3.52. The molecule has 2 rings (SSSR count). The van der Waals surface area contributed by atoms with Gasteiger partial charge in [0.05, 0.1) is 12.6 Å². The number of nitrogens with two attached hydrogens (primary N) is 1. The first kappa shape index (κ1) is 12.7. The Kier molecular flexibility index (Phi) is 3.62. The highest BCUT2D eigenvalue weighted by atomic mass is 32.2. The largest absolute Gasteiger partial charge is 0.321 e. The molecular weight excluding hydrogens is 260 g/mol. The molecule has 7 heteroatoms. The Bertz CT molecular complexity index is 496. The fourth-order valence-electron chi connectivity index (χ4n) is 1.76. The van der Waals surface area contributed by atoms with Gasteiger partial charge in [0, 0.05) is 6.54 Å². The van der Waals surface area contributed by atoms with E-state index < -0.39 is 16.1 Å². The summed E-state index contributed by atoms with van der Waals surface area (Å²) in [5.41, 5.74) is 5.63. The molecule has 1 saturated heterocycles. The van der Waals surface area contributed by atoms with Gasteiger partial charge in [-0.2, -0.15) is 4.31 Å². The van der Waals surface area contributed by atoms with Gasteiger partial charge < -0.3 is 5.73 Å². The summed E-state index contributed by atoms with van der Waals surface area (Å²) in [6.45, 7) is 0.251. The van der Waals surface area contributed by atoms with Crippen molar-refractivity contribution in [3.63, 3.8) is 0 Å². The molecule has 1 unspecified atom stereocenters. The van der Waals surface area contributed by atoms with Crippen LogP contribution in [-0.2, 0) is 14.8 Å². The molecule has 1 aromatic heterocycles. The average Bonchev–Trinajstić information content (AvgIpc) is 2.75. The molecule has 0 saturated carbocycles. The van der Waals surface area contributed by atoms with Crippen LogP contribution >= 0.6 is 11.3 Å². The maximum atomic E-state index is 12.2. The molecule has 2 heterocycles. The fraction of sp³-hybridized carbons (Fsp3) is 0.500. The highest BCUT2D eigenvalue weighted by molar-refractivity contribution is 7.91. The van der Waals surface area contributed by atoms with Gasteiger partial charge in [-0.3, -0.25) is 4.79 Å². The molecule has 0 amide bonds. The molecule has 1 aromatic rings. The first-order valence-electron chi connectivity index (χ1n) is 5.34. The summed E-state index contributed by atoms with van der Waals surface area (Å²) < 4.78 is 25.9. The Balaban J connectivity index is 2.25. The second-order valence-electron chi connectivity index (χ2n) is 3.99. The Labute approximate surface area is 104 Å². The molecule has 1 aliphatic rings. The number of thiophene rings is 1. The van der Waals surface area contributed by atoms with Crippen LogP contribution in [0.2, 0.25) is 0 Å². The summed E-state index contributed by atoms with van der Waals surface area (Å²) in [6.07, 6.45) is 1.17. The molecule has 0 spiro atoms. The zero-order valence-electron chi connectivity index (χ0n) is 9.20. The second-order valence-corrected chi connectivity index (χ2v) is 7.10. The Morgan fingerprint density at radius 2 is 2.24 bits per heavy atom. The van der Waals surface area contributed by atoms with Gasteiger partial charge in [0.1, 0.15) is 4.21 Å². The normalized spacial score (nSPS) is 23.6. The number of rotatable bonds is 2. The number of ketones is 1. The third-order valence-corrected chi connectivity index (χ3v) is 5.98. The van der Waals surface area contributed by atoms with Crippen molar-refractivity contribution in [1.29, 1.82) is 0 Å². The van der Waals surface area contributed by atoms with Crippen molar-refractivity contribution in [2.75, 3.05) is 13.1 Å². The SMILES string of the molecule is NC1CCCN(S(=O)(=O)c2cccs2)CC1=O. The topological polar surface area (TPSA) is 80.5 Å². The van der Waals surface area contributed by atoms with Crippen LogP contribution in [0.1, 0.15) is 12.8 Å². The highest BCUT2D eigenvalue weighted by Crippen LogP contribution is 2.22. The maximum absolute atomic E-state index is 12.2. The van der Waals surface area contributed by atoms with E-state index in [1.54, 1.807) is 17.5 Å². The lowest BCUT2D eigenvalue weighted by atomic mass is 10.1. The summed E-state index contributed by atoms with van der Waals surface area (Å²) >= 11 is 1.16. The van der Waals surface area contributed by atoms with E-state index in [-0.39, 0.29) is 16.5 Å². The Hall–Kier alpha value is -0.760. The van der Waals surface area contributed by atoms with Crippen molar-refractivity contribution < 1.29 is 13.2 Å². The molecular formula is C10H14N2O3S2. The lowest BCUT2D eigenvalue weighted by Crippen LogP contribution is -2.39. The van der Waals surface area contributed by atoms with Crippen molar-refractivity contribution in [3.8, 4) is 0 Å². The molecule has 0 aliphatic carbocycles.